The molecule has 0 aliphatic carbocycles. The Kier molecular flexibility index (Phi) is 4.23. The molecule has 5 heteroatoms. The van der Waals surface area contributed by atoms with Crippen LogP contribution in [0.15, 0.2) is 0 Å². The Labute approximate surface area is 75.1 Å². The van der Waals surface area contributed by atoms with Crippen LogP contribution >= 0.6 is 0 Å². The lowest BCUT2D eigenvalue weighted by molar-refractivity contribution is -0.198. The molecule has 0 saturated heterocycles. The summed E-state index contributed by atoms with van der Waals surface area (Å²) in [6.07, 6.45) is -4.73. The summed E-state index contributed by atoms with van der Waals surface area (Å²) in [5.74, 6) is -3.38. The van der Waals surface area contributed by atoms with E-state index in [1.165, 1.54) is 0 Å². The first kappa shape index (κ1) is 12.3. The van der Waals surface area contributed by atoms with Gasteiger partial charge in [-0.3, -0.25) is 4.79 Å². The molecule has 0 aliphatic rings. The molecule has 78 valence electrons. The maximum absolute atomic E-state index is 12.2. The first-order valence-electron chi connectivity index (χ1n) is 3.93. The zero-order valence-electron chi connectivity index (χ0n) is 7.81. The van der Waals surface area contributed by atoms with Crippen LogP contribution in [-0.2, 0) is 9.53 Å². The van der Waals surface area contributed by atoms with E-state index in [0.717, 1.165) is 7.11 Å². The number of ether oxygens (including phenoxy) is 1. The third kappa shape index (κ3) is 4.15. The van der Waals surface area contributed by atoms with E-state index in [-0.39, 0.29) is 12.3 Å². The predicted molar refractivity (Wildman–Crippen MR) is 41.0 cm³/mol. The van der Waals surface area contributed by atoms with Crippen LogP contribution in [0.5, 0.6) is 0 Å². The van der Waals surface area contributed by atoms with Gasteiger partial charge in [0.05, 0.1) is 7.11 Å². The highest BCUT2D eigenvalue weighted by molar-refractivity contribution is 5.73. The van der Waals surface area contributed by atoms with Crippen molar-refractivity contribution >= 4 is 5.97 Å². The van der Waals surface area contributed by atoms with Crippen molar-refractivity contribution in [3.05, 3.63) is 0 Å². The smallest absolute Gasteiger partial charge is 0.402 e. The molecule has 0 amide bonds. The van der Waals surface area contributed by atoms with Crippen molar-refractivity contribution in [2.45, 2.75) is 26.4 Å². The molecule has 0 aromatic heterocycles. The fourth-order valence-corrected chi connectivity index (χ4v) is 0.977. The summed E-state index contributed by atoms with van der Waals surface area (Å²) in [5, 5.41) is 0. The summed E-state index contributed by atoms with van der Waals surface area (Å²) in [5.41, 5.74) is 0. The maximum Gasteiger partial charge on any atom is 0.402 e. The van der Waals surface area contributed by atoms with Crippen molar-refractivity contribution in [3.8, 4) is 0 Å². The monoisotopic (exact) mass is 198 g/mol. The first-order chi connectivity index (χ1) is 5.79. The summed E-state index contributed by atoms with van der Waals surface area (Å²) in [6.45, 7) is 3.25. The van der Waals surface area contributed by atoms with Gasteiger partial charge in [-0.05, 0) is 12.3 Å². The molecule has 0 aromatic carbocycles. The molecule has 2 nitrogen and oxygen atoms in total. The first-order valence-corrected chi connectivity index (χ1v) is 3.93. The number of alkyl halides is 3. The van der Waals surface area contributed by atoms with E-state index < -0.39 is 18.1 Å². The number of hydrogen-bond donors (Lipinski definition) is 0. The quantitative estimate of drug-likeness (QED) is 0.651. The molecule has 0 radical (unpaired) electrons. The Bertz CT molecular complexity index is 175. The third-order valence-corrected chi connectivity index (χ3v) is 1.59. The standard InChI is InChI=1S/C8H13F3O2/c1-5(2)4-6(7(12)13-3)8(9,10)11/h5-6H,4H2,1-3H3/t6-/m0/s1. The molecule has 0 heterocycles. The van der Waals surface area contributed by atoms with Crippen molar-refractivity contribution in [3.63, 3.8) is 0 Å². The van der Waals surface area contributed by atoms with Gasteiger partial charge in [0.1, 0.15) is 0 Å². The van der Waals surface area contributed by atoms with Crippen LogP contribution in [0.3, 0.4) is 0 Å². The minimum absolute atomic E-state index is 0.189. The van der Waals surface area contributed by atoms with Gasteiger partial charge in [-0.15, -0.1) is 0 Å². The molecule has 0 rings (SSSR count). The number of esters is 1. The van der Waals surface area contributed by atoms with Crippen molar-refractivity contribution in [2.75, 3.05) is 7.11 Å². The molecule has 0 saturated carbocycles. The number of carbonyl (C=O) groups excluding carboxylic acids is 1. The zero-order chi connectivity index (χ0) is 10.6. The van der Waals surface area contributed by atoms with Gasteiger partial charge in [0, 0.05) is 0 Å². The number of hydrogen-bond acceptors (Lipinski definition) is 2. The second kappa shape index (κ2) is 4.48. The topological polar surface area (TPSA) is 26.3 Å². The summed E-state index contributed by atoms with van der Waals surface area (Å²) in [4.78, 5) is 10.8. The summed E-state index contributed by atoms with van der Waals surface area (Å²) in [7, 11) is 0.960. The Morgan fingerprint density at radius 3 is 2.08 bits per heavy atom. The fraction of sp³-hybridized carbons (Fsp3) is 0.875. The summed E-state index contributed by atoms with van der Waals surface area (Å²) >= 11 is 0. The van der Waals surface area contributed by atoms with Crippen LogP contribution in [0.1, 0.15) is 20.3 Å². The minimum atomic E-state index is -4.50. The molecule has 0 fully saturated rings. The second-order valence-corrected chi connectivity index (χ2v) is 3.25. The number of rotatable bonds is 3. The van der Waals surface area contributed by atoms with Crippen LogP contribution in [0.25, 0.3) is 0 Å². The van der Waals surface area contributed by atoms with Gasteiger partial charge in [0.25, 0.3) is 0 Å². The molecule has 0 aromatic rings. The predicted octanol–water partition coefficient (Wildman–Crippen LogP) is 2.38. The van der Waals surface area contributed by atoms with Gasteiger partial charge >= 0.3 is 12.1 Å². The van der Waals surface area contributed by atoms with Crippen molar-refractivity contribution in [1.82, 2.24) is 0 Å². The Balaban J connectivity index is 4.47. The lowest BCUT2D eigenvalue weighted by atomic mass is 9.97. The molecule has 0 aliphatic heterocycles. The van der Waals surface area contributed by atoms with E-state index >= 15 is 0 Å². The average molecular weight is 198 g/mol. The largest absolute Gasteiger partial charge is 0.469 e. The van der Waals surface area contributed by atoms with Crippen LogP contribution in [0.2, 0.25) is 0 Å². The molecule has 13 heavy (non-hydrogen) atoms. The van der Waals surface area contributed by atoms with E-state index in [0.29, 0.717) is 0 Å². The highest BCUT2D eigenvalue weighted by Gasteiger charge is 2.45. The van der Waals surface area contributed by atoms with E-state index in [1.807, 2.05) is 0 Å². The van der Waals surface area contributed by atoms with Gasteiger partial charge < -0.3 is 4.74 Å². The van der Waals surface area contributed by atoms with Gasteiger partial charge in [-0.1, -0.05) is 13.8 Å². The molecule has 0 N–H and O–H groups in total. The van der Waals surface area contributed by atoms with Gasteiger partial charge in [-0.2, -0.15) is 13.2 Å². The van der Waals surface area contributed by atoms with Gasteiger partial charge in [0.2, 0.25) is 0 Å². The fourth-order valence-electron chi connectivity index (χ4n) is 0.977. The molecule has 0 spiro atoms. The minimum Gasteiger partial charge on any atom is -0.469 e. The van der Waals surface area contributed by atoms with Crippen LogP contribution in [0, 0.1) is 11.8 Å². The Morgan fingerprint density at radius 1 is 1.38 bits per heavy atom. The molecule has 1 atom stereocenters. The lowest BCUT2D eigenvalue weighted by Gasteiger charge is -2.19. The van der Waals surface area contributed by atoms with Crippen molar-refractivity contribution in [2.24, 2.45) is 11.8 Å². The number of carbonyl (C=O) groups is 1. The SMILES string of the molecule is COC(=O)[C@H](CC(C)C)C(F)(F)F. The van der Waals surface area contributed by atoms with E-state index in [4.69, 9.17) is 0 Å². The van der Waals surface area contributed by atoms with E-state index in [1.54, 1.807) is 13.8 Å². The normalized spacial score (nSPS) is 14.4. The average Bonchev–Trinajstić information content (AvgIpc) is 1.96. The van der Waals surface area contributed by atoms with Crippen molar-refractivity contribution < 1.29 is 22.7 Å². The van der Waals surface area contributed by atoms with Crippen LogP contribution in [-0.4, -0.2) is 19.3 Å². The zero-order valence-corrected chi connectivity index (χ0v) is 7.81. The van der Waals surface area contributed by atoms with Crippen LogP contribution in [0.4, 0.5) is 13.2 Å². The lowest BCUT2D eigenvalue weighted by Crippen LogP contribution is -2.32. The summed E-state index contributed by atoms with van der Waals surface area (Å²) in [6, 6.07) is 0. The van der Waals surface area contributed by atoms with Crippen LogP contribution < -0.4 is 0 Å². The van der Waals surface area contributed by atoms with Gasteiger partial charge in [-0.25, -0.2) is 0 Å². The number of halogens is 3. The highest BCUT2D eigenvalue weighted by Crippen LogP contribution is 2.31. The highest BCUT2D eigenvalue weighted by atomic mass is 19.4. The van der Waals surface area contributed by atoms with Crippen molar-refractivity contribution in [1.29, 1.82) is 0 Å². The Morgan fingerprint density at radius 2 is 1.85 bits per heavy atom. The second-order valence-electron chi connectivity index (χ2n) is 3.25. The maximum atomic E-state index is 12.2. The summed E-state index contributed by atoms with van der Waals surface area (Å²) < 4.78 is 40.7. The third-order valence-electron chi connectivity index (χ3n) is 1.59. The molecule has 0 bridgehead atoms. The Hall–Kier alpha value is -0.740. The van der Waals surface area contributed by atoms with Gasteiger partial charge in [0.15, 0.2) is 5.92 Å². The van der Waals surface area contributed by atoms with E-state index in [9.17, 15) is 18.0 Å². The molecule has 0 unspecified atom stereocenters. The number of methoxy groups -OCH3 is 1. The van der Waals surface area contributed by atoms with E-state index in [2.05, 4.69) is 4.74 Å². The molecular weight excluding hydrogens is 185 g/mol. The molecular formula is C8H13F3O2.